The first kappa shape index (κ1) is 18.8. The minimum atomic E-state index is -0.433. The van der Waals surface area contributed by atoms with Gasteiger partial charge in [0, 0.05) is 25.3 Å². The number of anilines is 1. The lowest BCUT2D eigenvalue weighted by atomic mass is 9.95. The lowest BCUT2D eigenvalue weighted by Crippen LogP contribution is -2.34. The van der Waals surface area contributed by atoms with E-state index in [9.17, 15) is 9.59 Å². The maximum absolute atomic E-state index is 12.9. The highest BCUT2D eigenvalue weighted by Crippen LogP contribution is 2.23. The van der Waals surface area contributed by atoms with E-state index in [0.29, 0.717) is 28.1 Å². The third-order valence-electron chi connectivity index (χ3n) is 4.59. The molecule has 142 valence electrons. The fourth-order valence-corrected chi connectivity index (χ4v) is 3.16. The lowest BCUT2D eigenvalue weighted by molar-refractivity contribution is -0.120. The second-order valence-corrected chi connectivity index (χ2v) is 6.97. The van der Waals surface area contributed by atoms with E-state index in [4.69, 9.17) is 0 Å². The summed E-state index contributed by atoms with van der Waals surface area (Å²) in [5.74, 6) is -0.345. The van der Waals surface area contributed by atoms with Crippen LogP contribution in [-0.2, 0) is 4.79 Å². The maximum Gasteiger partial charge on any atom is 0.254 e. The van der Waals surface area contributed by atoms with Gasteiger partial charge in [-0.15, -0.1) is 0 Å². The van der Waals surface area contributed by atoms with E-state index in [2.05, 4.69) is 25.7 Å². The molecule has 8 nitrogen and oxygen atoms in total. The first-order chi connectivity index (χ1) is 12.8. The number of carbonyl (C=O) groups excluding carboxylic acids is 2. The number of aliphatic imine (C=N–C) groups is 1. The second kappa shape index (κ2) is 7.30. The van der Waals surface area contributed by atoms with Gasteiger partial charge >= 0.3 is 0 Å². The molecule has 0 aliphatic carbocycles. The molecule has 1 unspecified atom stereocenters. The Morgan fingerprint density at radius 3 is 2.70 bits per heavy atom. The van der Waals surface area contributed by atoms with Crippen molar-refractivity contribution in [3.05, 3.63) is 29.5 Å². The molecule has 2 aromatic heterocycles. The van der Waals surface area contributed by atoms with Gasteiger partial charge < -0.3 is 10.6 Å². The van der Waals surface area contributed by atoms with Crippen LogP contribution in [0.5, 0.6) is 0 Å². The number of hydrogen-bond donors (Lipinski definition) is 2. The summed E-state index contributed by atoms with van der Waals surface area (Å²) in [5.41, 5.74) is 2.71. The average molecular weight is 368 g/mol. The summed E-state index contributed by atoms with van der Waals surface area (Å²) in [6.07, 6.45) is 3.52. The average Bonchev–Trinajstić information content (AvgIpc) is 3.03. The summed E-state index contributed by atoms with van der Waals surface area (Å²) in [6.45, 7) is 7.88. The van der Waals surface area contributed by atoms with E-state index < -0.39 is 5.92 Å². The predicted octanol–water partition coefficient (Wildman–Crippen LogP) is 2.35. The van der Waals surface area contributed by atoms with Gasteiger partial charge in [0.2, 0.25) is 0 Å². The van der Waals surface area contributed by atoms with E-state index in [1.807, 2.05) is 26.8 Å². The Balaban J connectivity index is 1.88. The van der Waals surface area contributed by atoms with Crippen LogP contribution in [0.1, 0.15) is 44.1 Å². The molecule has 8 heteroatoms. The van der Waals surface area contributed by atoms with Crippen molar-refractivity contribution in [3.63, 3.8) is 0 Å². The van der Waals surface area contributed by atoms with Crippen molar-refractivity contribution in [2.24, 2.45) is 10.9 Å². The van der Waals surface area contributed by atoms with Gasteiger partial charge in [-0.05, 0) is 39.8 Å². The molecule has 0 bridgehead atoms. The lowest BCUT2D eigenvalue weighted by Gasteiger charge is -2.19. The fourth-order valence-electron chi connectivity index (χ4n) is 3.16. The molecule has 27 heavy (non-hydrogen) atoms. The molecule has 2 N–H and O–H groups in total. The number of nitrogens with zero attached hydrogens (tertiary/aromatic N) is 4. The normalized spacial score (nSPS) is 17.1. The Morgan fingerprint density at radius 2 is 2.07 bits per heavy atom. The molecule has 0 spiro atoms. The van der Waals surface area contributed by atoms with Crippen molar-refractivity contribution in [2.75, 3.05) is 18.9 Å². The smallest absolute Gasteiger partial charge is 0.254 e. The Hall–Kier alpha value is -3.03. The van der Waals surface area contributed by atoms with Crippen molar-refractivity contribution in [3.8, 4) is 0 Å². The largest absolute Gasteiger partial charge is 0.373 e. The van der Waals surface area contributed by atoms with Crippen LogP contribution in [0, 0.1) is 5.92 Å². The van der Waals surface area contributed by atoms with Crippen molar-refractivity contribution >= 4 is 34.4 Å². The molecule has 3 heterocycles. The molecule has 2 amide bonds. The number of amides is 2. The van der Waals surface area contributed by atoms with Crippen LogP contribution in [0.15, 0.2) is 28.9 Å². The molecule has 0 saturated carbocycles. The van der Waals surface area contributed by atoms with Crippen LogP contribution in [0.3, 0.4) is 0 Å². The number of aromatic nitrogens is 3. The Morgan fingerprint density at radius 1 is 1.33 bits per heavy atom. The van der Waals surface area contributed by atoms with Gasteiger partial charge in [0.05, 0.1) is 23.1 Å². The van der Waals surface area contributed by atoms with Gasteiger partial charge in [-0.25, -0.2) is 14.7 Å². The predicted molar refractivity (Wildman–Crippen MR) is 105 cm³/mol. The third-order valence-corrected chi connectivity index (χ3v) is 4.59. The van der Waals surface area contributed by atoms with Gasteiger partial charge in [0.15, 0.2) is 5.65 Å². The minimum Gasteiger partial charge on any atom is -0.373 e. The van der Waals surface area contributed by atoms with E-state index in [1.54, 1.807) is 30.9 Å². The number of pyridine rings is 1. The van der Waals surface area contributed by atoms with Crippen LogP contribution < -0.4 is 10.6 Å². The van der Waals surface area contributed by atoms with Crippen LogP contribution in [0.2, 0.25) is 0 Å². The van der Waals surface area contributed by atoms with E-state index in [-0.39, 0.29) is 24.4 Å². The van der Waals surface area contributed by atoms with Crippen LogP contribution in [-0.4, -0.2) is 45.9 Å². The highest BCUT2D eigenvalue weighted by Gasteiger charge is 2.25. The molecular formula is C19H24N6O2. The topological polar surface area (TPSA) is 101 Å². The van der Waals surface area contributed by atoms with Crippen LogP contribution >= 0.6 is 0 Å². The zero-order chi connectivity index (χ0) is 19.7. The van der Waals surface area contributed by atoms with Crippen LogP contribution in [0.25, 0.3) is 11.0 Å². The van der Waals surface area contributed by atoms with Gasteiger partial charge in [0.25, 0.3) is 11.8 Å². The monoisotopic (exact) mass is 368 g/mol. The van der Waals surface area contributed by atoms with E-state index in [0.717, 1.165) is 5.57 Å². The number of nitrogens with one attached hydrogen (secondary N) is 2. The van der Waals surface area contributed by atoms with Crippen molar-refractivity contribution in [1.29, 1.82) is 0 Å². The van der Waals surface area contributed by atoms with Gasteiger partial charge in [0.1, 0.15) is 5.82 Å². The van der Waals surface area contributed by atoms with E-state index in [1.165, 1.54) is 0 Å². The molecule has 0 saturated heterocycles. The molecule has 0 radical (unpaired) electrons. The number of allylic oxidation sites excluding steroid dienone is 1. The Bertz CT molecular complexity index is 970. The zero-order valence-electron chi connectivity index (χ0n) is 16.2. The Kier molecular flexibility index (Phi) is 5.07. The summed E-state index contributed by atoms with van der Waals surface area (Å²) in [5, 5.41) is 10.9. The summed E-state index contributed by atoms with van der Waals surface area (Å²) in [6, 6.07) is 1.81. The third kappa shape index (κ3) is 3.60. The molecule has 3 rings (SSSR count). The minimum absolute atomic E-state index is 0.117. The first-order valence-corrected chi connectivity index (χ1v) is 8.93. The second-order valence-electron chi connectivity index (χ2n) is 6.97. The molecular weight excluding hydrogens is 344 g/mol. The number of dihydropyridines is 1. The van der Waals surface area contributed by atoms with Gasteiger partial charge in [-0.1, -0.05) is 5.57 Å². The molecule has 0 aromatic carbocycles. The number of hydrogen-bond acceptors (Lipinski definition) is 5. The quantitative estimate of drug-likeness (QED) is 0.843. The number of carbonyl (C=O) groups is 2. The molecule has 2 aromatic rings. The summed E-state index contributed by atoms with van der Waals surface area (Å²) in [7, 11) is 1.75. The Labute approximate surface area is 157 Å². The first-order valence-electron chi connectivity index (χ1n) is 8.93. The highest BCUT2D eigenvalue weighted by atomic mass is 16.2. The zero-order valence-corrected chi connectivity index (χ0v) is 16.2. The summed E-state index contributed by atoms with van der Waals surface area (Å²) in [4.78, 5) is 33.5. The van der Waals surface area contributed by atoms with Gasteiger partial charge in [-0.2, -0.15) is 5.10 Å². The SMILES string of the molecule is CNc1cc(C(=O)NCC2C(=O)N=C(C)C=C2C)c2cnn(C(C)C)c2n1. The van der Waals surface area contributed by atoms with E-state index >= 15 is 0 Å². The molecule has 1 atom stereocenters. The molecule has 1 aliphatic heterocycles. The van der Waals surface area contributed by atoms with Crippen molar-refractivity contribution < 1.29 is 9.59 Å². The number of rotatable bonds is 5. The van der Waals surface area contributed by atoms with Crippen LogP contribution in [0.4, 0.5) is 5.82 Å². The summed E-state index contributed by atoms with van der Waals surface area (Å²) < 4.78 is 1.78. The standard InChI is InChI=1S/C19H24N6O2/c1-10(2)25-17-15(9-22-25)13(7-16(20-5)24-17)18(26)21-8-14-11(3)6-12(4)23-19(14)27/h6-7,9-10,14H,8H2,1-5H3,(H,20,24)(H,21,26). The molecule has 1 aliphatic rings. The van der Waals surface area contributed by atoms with Crippen molar-refractivity contribution in [2.45, 2.75) is 33.7 Å². The number of fused-ring (bicyclic) bond motifs is 1. The van der Waals surface area contributed by atoms with Crippen molar-refractivity contribution in [1.82, 2.24) is 20.1 Å². The summed E-state index contributed by atoms with van der Waals surface area (Å²) >= 11 is 0. The maximum atomic E-state index is 12.9. The van der Waals surface area contributed by atoms with Gasteiger partial charge in [-0.3, -0.25) is 9.59 Å². The fraction of sp³-hybridized carbons (Fsp3) is 0.421. The highest BCUT2D eigenvalue weighted by molar-refractivity contribution is 6.07. The molecule has 0 fully saturated rings.